The van der Waals surface area contributed by atoms with Crippen LogP contribution >= 0.6 is 0 Å². The number of hydrogen-bond acceptors (Lipinski definition) is 2. The lowest BCUT2D eigenvalue weighted by atomic mass is 10.2. The van der Waals surface area contributed by atoms with Gasteiger partial charge in [0.05, 0.1) is 0 Å². The van der Waals surface area contributed by atoms with Crippen LogP contribution in [0.5, 0.6) is 0 Å². The van der Waals surface area contributed by atoms with Crippen LogP contribution in [0.2, 0.25) is 0 Å². The molecule has 19 heavy (non-hydrogen) atoms. The fourth-order valence-corrected chi connectivity index (χ4v) is 2.03. The summed E-state index contributed by atoms with van der Waals surface area (Å²) in [6.07, 6.45) is 6.32. The molecule has 0 unspecified atom stereocenters. The maximum absolute atomic E-state index is 4.24. The Hall–Kier alpha value is -0.770. The number of nitrogens with zero attached hydrogens (tertiary/aromatic N) is 2. The summed E-state index contributed by atoms with van der Waals surface area (Å²) in [6.45, 7) is 12.1. The summed E-state index contributed by atoms with van der Waals surface area (Å²) in [4.78, 5) is 6.69. The van der Waals surface area contributed by atoms with Gasteiger partial charge in [-0.1, -0.05) is 40.0 Å². The number of guanidine groups is 1. The van der Waals surface area contributed by atoms with Gasteiger partial charge in [-0.2, -0.15) is 0 Å². The van der Waals surface area contributed by atoms with Crippen molar-refractivity contribution in [1.29, 1.82) is 0 Å². The molecule has 0 aromatic carbocycles. The predicted octanol–water partition coefficient (Wildman–Crippen LogP) is 2.46. The maximum atomic E-state index is 4.24. The van der Waals surface area contributed by atoms with Gasteiger partial charge in [0.25, 0.3) is 0 Å². The summed E-state index contributed by atoms with van der Waals surface area (Å²) in [7, 11) is 1.84. The molecule has 2 N–H and O–H groups in total. The van der Waals surface area contributed by atoms with E-state index in [1.54, 1.807) is 0 Å². The van der Waals surface area contributed by atoms with E-state index < -0.39 is 0 Å². The van der Waals surface area contributed by atoms with Gasteiger partial charge >= 0.3 is 0 Å². The van der Waals surface area contributed by atoms with Crippen LogP contribution in [0.4, 0.5) is 0 Å². The second kappa shape index (κ2) is 13.7. The topological polar surface area (TPSA) is 39.7 Å². The summed E-state index contributed by atoms with van der Waals surface area (Å²) >= 11 is 0. The normalized spacial score (nSPS) is 11.9. The fraction of sp³-hybridized carbons (Fsp3) is 0.933. The van der Waals surface area contributed by atoms with E-state index in [0.29, 0.717) is 0 Å². The Bertz CT molecular complexity index is 212. The van der Waals surface area contributed by atoms with E-state index in [-0.39, 0.29) is 0 Å². The smallest absolute Gasteiger partial charge is 0.190 e. The van der Waals surface area contributed by atoms with Crippen molar-refractivity contribution in [3.05, 3.63) is 0 Å². The first-order chi connectivity index (χ1) is 9.28. The molecule has 0 aliphatic heterocycles. The van der Waals surface area contributed by atoms with Gasteiger partial charge in [-0.05, 0) is 32.5 Å². The average molecular weight is 270 g/mol. The molecule has 0 saturated carbocycles. The van der Waals surface area contributed by atoms with Gasteiger partial charge in [-0.25, -0.2) is 0 Å². The number of nitrogens with one attached hydrogen (secondary N) is 2. The Kier molecular flexibility index (Phi) is 13.1. The first-order valence-electron chi connectivity index (χ1n) is 7.95. The molecule has 0 amide bonds. The second-order valence-electron chi connectivity index (χ2n) is 4.87. The SMILES string of the molecule is CCCCCCNC(=NC)NCCCN(CC)CC. The van der Waals surface area contributed by atoms with Gasteiger partial charge in [0, 0.05) is 20.1 Å². The first-order valence-corrected chi connectivity index (χ1v) is 7.95. The predicted molar refractivity (Wildman–Crippen MR) is 85.9 cm³/mol. The molecule has 0 aromatic rings. The molecule has 0 rings (SSSR count). The van der Waals surface area contributed by atoms with Crippen molar-refractivity contribution in [3.8, 4) is 0 Å². The molecule has 0 atom stereocenters. The van der Waals surface area contributed by atoms with Crippen LogP contribution in [0, 0.1) is 0 Å². The van der Waals surface area contributed by atoms with Crippen LogP contribution in [0.1, 0.15) is 52.9 Å². The van der Waals surface area contributed by atoms with Crippen LogP contribution in [0.25, 0.3) is 0 Å². The Balaban J connectivity index is 3.54. The lowest BCUT2D eigenvalue weighted by molar-refractivity contribution is 0.300. The highest BCUT2D eigenvalue weighted by Gasteiger charge is 1.99. The molecule has 0 aliphatic carbocycles. The van der Waals surface area contributed by atoms with Gasteiger partial charge in [0.1, 0.15) is 0 Å². The number of aliphatic imine (C=N–C) groups is 1. The molecular formula is C15H34N4. The Morgan fingerprint density at radius 3 is 2.05 bits per heavy atom. The minimum Gasteiger partial charge on any atom is -0.356 e. The van der Waals surface area contributed by atoms with Gasteiger partial charge in [0.2, 0.25) is 0 Å². The molecule has 0 fully saturated rings. The van der Waals surface area contributed by atoms with Gasteiger partial charge < -0.3 is 15.5 Å². The van der Waals surface area contributed by atoms with Crippen LogP contribution in [0.3, 0.4) is 0 Å². The van der Waals surface area contributed by atoms with Crippen molar-refractivity contribution >= 4 is 5.96 Å². The molecule has 0 spiro atoms. The summed E-state index contributed by atoms with van der Waals surface area (Å²) in [5.41, 5.74) is 0. The van der Waals surface area contributed by atoms with E-state index in [1.807, 2.05) is 7.05 Å². The van der Waals surface area contributed by atoms with Gasteiger partial charge in [-0.15, -0.1) is 0 Å². The Labute approximate surface area is 120 Å². The third-order valence-corrected chi connectivity index (χ3v) is 3.38. The minimum atomic E-state index is 0.941. The van der Waals surface area contributed by atoms with Gasteiger partial charge in [0.15, 0.2) is 5.96 Å². The Morgan fingerprint density at radius 1 is 0.895 bits per heavy atom. The summed E-state index contributed by atoms with van der Waals surface area (Å²) < 4.78 is 0. The maximum Gasteiger partial charge on any atom is 0.190 e. The van der Waals surface area contributed by atoms with E-state index in [4.69, 9.17) is 0 Å². The van der Waals surface area contributed by atoms with Crippen molar-refractivity contribution in [1.82, 2.24) is 15.5 Å². The lowest BCUT2D eigenvalue weighted by Gasteiger charge is -2.18. The van der Waals surface area contributed by atoms with E-state index in [0.717, 1.165) is 45.1 Å². The Morgan fingerprint density at radius 2 is 1.53 bits per heavy atom. The number of unbranched alkanes of at least 4 members (excludes halogenated alkanes) is 3. The molecule has 114 valence electrons. The van der Waals surface area contributed by atoms with Crippen molar-refractivity contribution in [2.24, 2.45) is 4.99 Å². The summed E-state index contributed by atoms with van der Waals surface area (Å²) in [5.74, 6) is 0.941. The lowest BCUT2D eigenvalue weighted by Crippen LogP contribution is -2.39. The minimum absolute atomic E-state index is 0.941. The molecule has 0 aliphatic rings. The third-order valence-electron chi connectivity index (χ3n) is 3.38. The second-order valence-corrected chi connectivity index (χ2v) is 4.87. The number of rotatable bonds is 11. The highest BCUT2D eigenvalue weighted by molar-refractivity contribution is 5.79. The molecule has 4 nitrogen and oxygen atoms in total. The van der Waals surface area contributed by atoms with Crippen LogP contribution < -0.4 is 10.6 Å². The highest BCUT2D eigenvalue weighted by atomic mass is 15.2. The van der Waals surface area contributed by atoms with E-state index in [1.165, 1.54) is 25.7 Å². The van der Waals surface area contributed by atoms with E-state index in [9.17, 15) is 0 Å². The molecule has 0 saturated heterocycles. The van der Waals surface area contributed by atoms with Crippen molar-refractivity contribution in [2.45, 2.75) is 52.9 Å². The summed E-state index contributed by atoms with van der Waals surface area (Å²) in [6, 6.07) is 0. The molecule has 0 heterocycles. The average Bonchev–Trinajstić information content (AvgIpc) is 2.45. The van der Waals surface area contributed by atoms with Gasteiger partial charge in [-0.3, -0.25) is 4.99 Å². The molecule has 0 radical (unpaired) electrons. The van der Waals surface area contributed by atoms with E-state index in [2.05, 4.69) is 41.3 Å². The number of hydrogen-bond donors (Lipinski definition) is 2. The van der Waals surface area contributed by atoms with Crippen LogP contribution in [-0.4, -0.2) is 50.6 Å². The van der Waals surface area contributed by atoms with E-state index >= 15 is 0 Å². The zero-order valence-corrected chi connectivity index (χ0v) is 13.5. The molecular weight excluding hydrogens is 236 g/mol. The zero-order valence-electron chi connectivity index (χ0n) is 13.5. The standard InChI is InChI=1S/C15H34N4/c1-5-8-9-10-12-17-15(16-4)18-13-11-14-19(6-2)7-3/h5-14H2,1-4H3,(H2,16,17,18). The fourth-order valence-electron chi connectivity index (χ4n) is 2.03. The monoisotopic (exact) mass is 270 g/mol. The van der Waals surface area contributed by atoms with Crippen LogP contribution in [-0.2, 0) is 0 Å². The highest BCUT2D eigenvalue weighted by Crippen LogP contribution is 1.96. The van der Waals surface area contributed by atoms with Crippen molar-refractivity contribution in [3.63, 3.8) is 0 Å². The molecule has 0 aromatic heterocycles. The largest absolute Gasteiger partial charge is 0.356 e. The molecule has 4 heteroatoms. The van der Waals surface area contributed by atoms with Crippen molar-refractivity contribution in [2.75, 3.05) is 39.8 Å². The summed E-state index contributed by atoms with van der Waals surface area (Å²) in [5, 5.41) is 6.75. The third kappa shape index (κ3) is 10.8. The zero-order chi connectivity index (χ0) is 14.3. The quantitative estimate of drug-likeness (QED) is 0.344. The first kappa shape index (κ1) is 18.2. The van der Waals surface area contributed by atoms with Crippen molar-refractivity contribution < 1.29 is 0 Å². The van der Waals surface area contributed by atoms with Crippen LogP contribution in [0.15, 0.2) is 4.99 Å². The molecule has 0 bridgehead atoms.